The molecule has 0 amide bonds. The molecule has 0 atom stereocenters. The Labute approximate surface area is 288 Å². The minimum absolute atomic E-state index is 0.665. The standard InChI is InChI=1S/C44H28N6/c1-2-4-29(5-3-1)30-6-12-33(13-7-30)40-28-41(34-14-8-31(9-15-34)36-18-20-38-42(26-36)47-24-22-45-38)50-44(49-40)35-16-10-32(11-17-35)37-19-21-39-43(27-37)48-25-23-46-39/h1-28H. The molecule has 0 bridgehead atoms. The topological polar surface area (TPSA) is 77.3 Å². The summed E-state index contributed by atoms with van der Waals surface area (Å²) < 4.78 is 0. The fourth-order valence-electron chi connectivity index (χ4n) is 6.27. The van der Waals surface area contributed by atoms with Crippen LogP contribution < -0.4 is 0 Å². The third-order valence-electron chi connectivity index (χ3n) is 8.94. The molecule has 0 radical (unpaired) electrons. The van der Waals surface area contributed by atoms with Crippen molar-refractivity contribution < 1.29 is 0 Å². The molecule has 0 aliphatic rings. The SMILES string of the molecule is c1ccc(-c2ccc(-c3cc(-c4ccc(-c5ccc6nccnc6c5)cc4)nc(-c4ccc(-c5ccc6nccnc6c5)cc4)n3)cc2)cc1. The summed E-state index contributed by atoms with van der Waals surface area (Å²) in [4.78, 5) is 28.0. The van der Waals surface area contributed by atoms with Crippen LogP contribution in [0.15, 0.2) is 170 Å². The van der Waals surface area contributed by atoms with Gasteiger partial charge in [-0.05, 0) is 63.7 Å². The van der Waals surface area contributed by atoms with E-state index in [9.17, 15) is 0 Å². The van der Waals surface area contributed by atoms with Crippen LogP contribution in [-0.4, -0.2) is 29.9 Å². The van der Waals surface area contributed by atoms with E-state index in [0.29, 0.717) is 5.82 Å². The van der Waals surface area contributed by atoms with Crippen molar-refractivity contribution >= 4 is 22.1 Å². The van der Waals surface area contributed by atoms with Gasteiger partial charge in [-0.25, -0.2) is 9.97 Å². The van der Waals surface area contributed by atoms with Gasteiger partial charge in [0.05, 0.1) is 33.5 Å². The molecule has 6 aromatic carbocycles. The van der Waals surface area contributed by atoms with Crippen LogP contribution in [0.1, 0.15) is 0 Å². The lowest BCUT2D eigenvalue weighted by Crippen LogP contribution is -1.96. The van der Waals surface area contributed by atoms with Crippen molar-refractivity contribution in [3.63, 3.8) is 0 Å². The molecule has 3 heterocycles. The Hall–Kier alpha value is -6.92. The summed E-state index contributed by atoms with van der Waals surface area (Å²) >= 11 is 0. The number of aromatic nitrogens is 6. The zero-order valence-electron chi connectivity index (χ0n) is 26.8. The van der Waals surface area contributed by atoms with Gasteiger partial charge in [-0.2, -0.15) is 0 Å². The Morgan fingerprint density at radius 1 is 0.260 bits per heavy atom. The summed E-state index contributed by atoms with van der Waals surface area (Å²) in [6.07, 6.45) is 6.87. The minimum atomic E-state index is 0.665. The van der Waals surface area contributed by atoms with E-state index in [1.54, 1.807) is 24.8 Å². The summed E-state index contributed by atoms with van der Waals surface area (Å²) in [5.74, 6) is 0.665. The van der Waals surface area contributed by atoms with Crippen LogP contribution >= 0.6 is 0 Å². The van der Waals surface area contributed by atoms with Crippen molar-refractivity contribution in [3.05, 3.63) is 170 Å². The lowest BCUT2D eigenvalue weighted by molar-refractivity contribution is 1.18. The first-order chi connectivity index (χ1) is 24.7. The molecule has 50 heavy (non-hydrogen) atoms. The second-order valence-electron chi connectivity index (χ2n) is 12.1. The molecular weight excluding hydrogens is 613 g/mol. The third kappa shape index (κ3) is 5.76. The second-order valence-corrected chi connectivity index (χ2v) is 12.1. The van der Waals surface area contributed by atoms with Crippen LogP contribution in [0.5, 0.6) is 0 Å². The highest BCUT2D eigenvalue weighted by Gasteiger charge is 2.13. The van der Waals surface area contributed by atoms with E-state index < -0.39 is 0 Å². The van der Waals surface area contributed by atoms with E-state index >= 15 is 0 Å². The molecule has 0 aliphatic heterocycles. The molecule has 3 aromatic heterocycles. The van der Waals surface area contributed by atoms with Gasteiger partial charge in [-0.15, -0.1) is 0 Å². The number of nitrogens with zero attached hydrogens (tertiary/aromatic N) is 6. The maximum Gasteiger partial charge on any atom is 0.160 e. The molecular formula is C44H28N6. The molecule has 9 aromatic rings. The fourth-order valence-corrected chi connectivity index (χ4v) is 6.27. The molecule has 6 nitrogen and oxygen atoms in total. The Kier molecular flexibility index (Phi) is 7.37. The first-order valence-electron chi connectivity index (χ1n) is 16.4. The van der Waals surface area contributed by atoms with Crippen molar-refractivity contribution in [1.82, 2.24) is 29.9 Å². The summed E-state index contributed by atoms with van der Waals surface area (Å²) in [5, 5.41) is 0. The van der Waals surface area contributed by atoms with Crippen LogP contribution in [0.2, 0.25) is 0 Å². The van der Waals surface area contributed by atoms with Gasteiger partial charge in [0, 0.05) is 41.5 Å². The maximum absolute atomic E-state index is 5.10. The van der Waals surface area contributed by atoms with Gasteiger partial charge in [0.1, 0.15) is 0 Å². The van der Waals surface area contributed by atoms with E-state index in [0.717, 1.165) is 78.0 Å². The molecule has 0 fully saturated rings. The van der Waals surface area contributed by atoms with Crippen molar-refractivity contribution in [1.29, 1.82) is 0 Å². The fraction of sp³-hybridized carbons (Fsp3) is 0. The van der Waals surface area contributed by atoms with Gasteiger partial charge in [0.2, 0.25) is 0 Å². The quantitative estimate of drug-likeness (QED) is 0.180. The van der Waals surface area contributed by atoms with Crippen LogP contribution in [0.25, 0.3) is 89.4 Å². The Balaban J connectivity index is 1.09. The number of hydrogen-bond acceptors (Lipinski definition) is 6. The predicted molar refractivity (Wildman–Crippen MR) is 201 cm³/mol. The molecule has 234 valence electrons. The monoisotopic (exact) mass is 640 g/mol. The predicted octanol–water partition coefficient (Wildman–Crippen LogP) is 10.4. The van der Waals surface area contributed by atoms with Crippen molar-refractivity contribution in [3.8, 4) is 67.3 Å². The van der Waals surface area contributed by atoms with Gasteiger partial charge in [-0.1, -0.05) is 115 Å². The molecule has 6 heteroatoms. The molecule has 0 aliphatic carbocycles. The summed E-state index contributed by atoms with van der Waals surface area (Å²) in [5.41, 5.74) is 14.9. The Bertz CT molecular complexity index is 2480. The molecule has 0 saturated heterocycles. The van der Waals surface area contributed by atoms with E-state index in [-0.39, 0.29) is 0 Å². The van der Waals surface area contributed by atoms with E-state index in [4.69, 9.17) is 9.97 Å². The summed E-state index contributed by atoms with van der Waals surface area (Å²) in [6, 6.07) is 50.3. The van der Waals surface area contributed by atoms with Gasteiger partial charge >= 0.3 is 0 Å². The second kappa shape index (κ2) is 12.6. The van der Waals surface area contributed by atoms with Gasteiger partial charge < -0.3 is 0 Å². The van der Waals surface area contributed by atoms with Crippen molar-refractivity contribution in [2.24, 2.45) is 0 Å². The molecule has 0 saturated carbocycles. The molecule has 0 unspecified atom stereocenters. The van der Waals surface area contributed by atoms with Crippen LogP contribution in [-0.2, 0) is 0 Å². The van der Waals surface area contributed by atoms with Crippen molar-refractivity contribution in [2.45, 2.75) is 0 Å². The van der Waals surface area contributed by atoms with Gasteiger partial charge in [0.25, 0.3) is 0 Å². The highest BCUT2D eigenvalue weighted by molar-refractivity contribution is 5.83. The highest BCUT2D eigenvalue weighted by Crippen LogP contribution is 2.32. The maximum atomic E-state index is 5.10. The van der Waals surface area contributed by atoms with Crippen LogP contribution in [0.4, 0.5) is 0 Å². The third-order valence-corrected chi connectivity index (χ3v) is 8.94. The van der Waals surface area contributed by atoms with Crippen LogP contribution in [0, 0.1) is 0 Å². The average Bonchev–Trinajstić information content (AvgIpc) is 3.21. The zero-order chi connectivity index (χ0) is 33.3. The number of benzene rings is 6. The largest absolute Gasteiger partial charge is 0.253 e. The minimum Gasteiger partial charge on any atom is -0.253 e. The lowest BCUT2D eigenvalue weighted by Gasteiger charge is -2.11. The number of rotatable bonds is 6. The number of fused-ring (bicyclic) bond motifs is 2. The summed E-state index contributed by atoms with van der Waals surface area (Å²) in [6.45, 7) is 0. The number of hydrogen-bond donors (Lipinski definition) is 0. The lowest BCUT2D eigenvalue weighted by atomic mass is 10.00. The van der Waals surface area contributed by atoms with E-state index in [1.807, 2.05) is 18.2 Å². The van der Waals surface area contributed by atoms with Gasteiger partial charge in [0.15, 0.2) is 5.82 Å². The molecule has 0 spiro atoms. The average molecular weight is 641 g/mol. The first-order valence-corrected chi connectivity index (χ1v) is 16.4. The molecule has 0 N–H and O–H groups in total. The smallest absolute Gasteiger partial charge is 0.160 e. The van der Waals surface area contributed by atoms with E-state index in [2.05, 4.69) is 147 Å². The summed E-state index contributed by atoms with van der Waals surface area (Å²) in [7, 11) is 0. The first kappa shape index (κ1) is 29.2. The van der Waals surface area contributed by atoms with Crippen molar-refractivity contribution in [2.75, 3.05) is 0 Å². The Morgan fingerprint density at radius 3 is 1.10 bits per heavy atom. The molecule has 9 rings (SSSR count). The Morgan fingerprint density at radius 2 is 0.620 bits per heavy atom. The normalized spacial score (nSPS) is 11.2. The highest BCUT2D eigenvalue weighted by atomic mass is 14.9. The van der Waals surface area contributed by atoms with Crippen LogP contribution in [0.3, 0.4) is 0 Å². The van der Waals surface area contributed by atoms with E-state index in [1.165, 1.54) is 5.56 Å². The van der Waals surface area contributed by atoms with Gasteiger partial charge in [-0.3, -0.25) is 19.9 Å². The zero-order valence-corrected chi connectivity index (χ0v) is 26.8.